The number of hydrogen-bond donors (Lipinski definition) is 1. The van der Waals surface area contributed by atoms with Crippen LogP contribution >= 0.6 is 0 Å². The van der Waals surface area contributed by atoms with Gasteiger partial charge >= 0.3 is 12.1 Å². The molecule has 0 spiro atoms. The molecule has 16 heavy (non-hydrogen) atoms. The average molecular weight is 235 g/mol. The molecule has 0 aliphatic rings. The van der Waals surface area contributed by atoms with Crippen molar-refractivity contribution >= 4 is 5.97 Å². The van der Waals surface area contributed by atoms with Crippen LogP contribution in [0.1, 0.15) is 5.69 Å². The minimum absolute atomic E-state index is 0.0496. The van der Waals surface area contributed by atoms with E-state index >= 15 is 0 Å². The number of aliphatic carboxylic acids is 1. The zero-order valence-electron chi connectivity index (χ0n) is 7.99. The molecule has 4 nitrogen and oxygen atoms in total. The summed E-state index contributed by atoms with van der Waals surface area (Å²) in [5.41, 5.74) is 0.256. The van der Waals surface area contributed by atoms with Gasteiger partial charge in [-0.15, -0.1) is 0 Å². The summed E-state index contributed by atoms with van der Waals surface area (Å²) in [7, 11) is 0. The summed E-state index contributed by atoms with van der Waals surface area (Å²) < 4.78 is 39.7. The number of alkyl halides is 3. The Morgan fingerprint density at radius 3 is 2.56 bits per heavy atom. The van der Waals surface area contributed by atoms with E-state index in [9.17, 15) is 18.0 Å². The second-order valence-electron chi connectivity index (χ2n) is 2.96. The van der Waals surface area contributed by atoms with E-state index in [-0.39, 0.29) is 17.9 Å². The number of aromatic nitrogens is 1. The number of carboxylic acids is 1. The predicted octanol–water partition coefficient (Wildman–Crippen LogP) is 1.65. The third kappa shape index (κ3) is 4.63. The molecule has 1 rings (SSSR count). The highest BCUT2D eigenvalue weighted by atomic mass is 19.4. The van der Waals surface area contributed by atoms with Crippen LogP contribution in [-0.2, 0) is 11.2 Å². The Bertz CT molecular complexity index is 361. The van der Waals surface area contributed by atoms with Crippen LogP contribution < -0.4 is 4.74 Å². The van der Waals surface area contributed by atoms with Gasteiger partial charge in [-0.3, -0.25) is 9.78 Å². The van der Waals surface area contributed by atoms with Crippen LogP contribution in [0.15, 0.2) is 18.3 Å². The van der Waals surface area contributed by atoms with Gasteiger partial charge in [0.05, 0.1) is 18.3 Å². The lowest BCUT2D eigenvalue weighted by atomic mass is 10.3. The predicted molar refractivity (Wildman–Crippen MR) is 47.1 cm³/mol. The second kappa shape index (κ2) is 4.82. The standard InChI is InChI=1S/C9H8F3NO3/c10-9(11,12)5-16-7-2-1-6(13-4-7)3-8(14)15/h1-2,4H,3,5H2,(H,14,15). The lowest BCUT2D eigenvalue weighted by Gasteiger charge is -2.08. The monoisotopic (exact) mass is 235 g/mol. The first-order chi connectivity index (χ1) is 7.37. The molecule has 7 heteroatoms. The zero-order chi connectivity index (χ0) is 12.2. The maximum absolute atomic E-state index is 11.8. The van der Waals surface area contributed by atoms with E-state index < -0.39 is 18.8 Å². The van der Waals surface area contributed by atoms with Crippen molar-refractivity contribution in [3.05, 3.63) is 24.0 Å². The lowest BCUT2D eigenvalue weighted by Crippen LogP contribution is -2.19. The van der Waals surface area contributed by atoms with Crippen LogP contribution in [0.2, 0.25) is 0 Å². The third-order valence-corrected chi connectivity index (χ3v) is 1.53. The number of ether oxygens (including phenoxy) is 1. The summed E-state index contributed by atoms with van der Waals surface area (Å²) in [6.45, 7) is -1.40. The summed E-state index contributed by atoms with van der Waals surface area (Å²) in [6, 6.07) is 2.55. The van der Waals surface area contributed by atoms with E-state index in [1.807, 2.05) is 0 Å². The first-order valence-electron chi connectivity index (χ1n) is 4.23. The lowest BCUT2D eigenvalue weighted by molar-refractivity contribution is -0.153. The Morgan fingerprint density at radius 2 is 2.12 bits per heavy atom. The van der Waals surface area contributed by atoms with Crippen LogP contribution in [0, 0.1) is 0 Å². The molecule has 0 aromatic carbocycles. The summed E-state index contributed by atoms with van der Waals surface area (Å²) >= 11 is 0. The second-order valence-corrected chi connectivity index (χ2v) is 2.96. The fraction of sp³-hybridized carbons (Fsp3) is 0.333. The largest absolute Gasteiger partial charge is 0.483 e. The average Bonchev–Trinajstić information content (AvgIpc) is 2.14. The molecule has 0 unspecified atom stereocenters. The van der Waals surface area contributed by atoms with Gasteiger partial charge < -0.3 is 9.84 Å². The number of pyridine rings is 1. The molecule has 0 aliphatic heterocycles. The molecule has 88 valence electrons. The molecule has 0 amide bonds. The van der Waals surface area contributed by atoms with Crippen LogP contribution in [0.5, 0.6) is 5.75 Å². The molecule has 1 N–H and O–H groups in total. The first-order valence-corrected chi connectivity index (χ1v) is 4.23. The van der Waals surface area contributed by atoms with E-state index in [0.29, 0.717) is 0 Å². The van der Waals surface area contributed by atoms with Gasteiger partial charge in [0.25, 0.3) is 0 Å². The van der Waals surface area contributed by atoms with Gasteiger partial charge in [0.2, 0.25) is 0 Å². The Kier molecular flexibility index (Phi) is 3.70. The van der Waals surface area contributed by atoms with E-state index in [1.54, 1.807) is 0 Å². The summed E-state index contributed by atoms with van der Waals surface area (Å²) in [4.78, 5) is 13.9. The van der Waals surface area contributed by atoms with Crippen molar-refractivity contribution in [1.82, 2.24) is 4.98 Å². The molecule has 0 radical (unpaired) electrons. The van der Waals surface area contributed by atoms with Crippen LogP contribution in [0.25, 0.3) is 0 Å². The van der Waals surface area contributed by atoms with Crippen LogP contribution in [0.4, 0.5) is 13.2 Å². The van der Waals surface area contributed by atoms with Crippen LogP contribution in [0.3, 0.4) is 0 Å². The van der Waals surface area contributed by atoms with Crippen molar-refractivity contribution in [3.8, 4) is 5.75 Å². The number of hydrogen-bond acceptors (Lipinski definition) is 3. The maximum atomic E-state index is 11.8. The van der Waals surface area contributed by atoms with Gasteiger partial charge in [0.15, 0.2) is 6.61 Å². The van der Waals surface area contributed by atoms with E-state index in [2.05, 4.69) is 9.72 Å². The number of halogens is 3. The molecule has 0 saturated heterocycles. The Hall–Kier alpha value is -1.79. The molecule has 1 heterocycles. The third-order valence-electron chi connectivity index (χ3n) is 1.53. The number of carboxylic acid groups (broad SMARTS) is 1. The fourth-order valence-corrected chi connectivity index (χ4v) is 0.921. The maximum Gasteiger partial charge on any atom is 0.422 e. The van der Waals surface area contributed by atoms with Gasteiger partial charge in [-0.25, -0.2) is 0 Å². The number of rotatable bonds is 4. The number of nitrogens with zero attached hydrogens (tertiary/aromatic N) is 1. The highest BCUT2D eigenvalue weighted by Crippen LogP contribution is 2.17. The molecule has 1 aromatic rings. The number of carbonyl (C=O) groups is 1. The van der Waals surface area contributed by atoms with Gasteiger partial charge in [0, 0.05) is 0 Å². The first kappa shape index (κ1) is 12.3. The van der Waals surface area contributed by atoms with Gasteiger partial charge in [-0.05, 0) is 12.1 Å². The van der Waals surface area contributed by atoms with Crippen molar-refractivity contribution in [2.45, 2.75) is 12.6 Å². The molecule has 0 bridgehead atoms. The Morgan fingerprint density at radius 1 is 1.44 bits per heavy atom. The van der Waals surface area contributed by atoms with Gasteiger partial charge in [0.1, 0.15) is 5.75 Å². The smallest absolute Gasteiger partial charge is 0.422 e. The molecule has 1 aromatic heterocycles. The zero-order valence-corrected chi connectivity index (χ0v) is 7.99. The van der Waals surface area contributed by atoms with Crippen molar-refractivity contribution in [2.75, 3.05) is 6.61 Å². The molecular formula is C9H8F3NO3. The van der Waals surface area contributed by atoms with E-state index in [1.165, 1.54) is 12.1 Å². The van der Waals surface area contributed by atoms with Gasteiger partial charge in [-0.1, -0.05) is 0 Å². The van der Waals surface area contributed by atoms with Gasteiger partial charge in [-0.2, -0.15) is 13.2 Å². The van der Waals surface area contributed by atoms with Crippen molar-refractivity contribution in [1.29, 1.82) is 0 Å². The Labute approximate surface area is 88.7 Å². The molecule has 0 aliphatic carbocycles. The molecule has 0 fully saturated rings. The van der Waals surface area contributed by atoms with Crippen LogP contribution in [-0.4, -0.2) is 28.8 Å². The quantitative estimate of drug-likeness (QED) is 0.861. The Balaban J connectivity index is 2.55. The van der Waals surface area contributed by atoms with Crippen molar-refractivity contribution in [3.63, 3.8) is 0 Å². The minimum atomic E-state index is -4.40. The van der Waals surface area contributed by atoms with E-state index in [0.717, 1.165) is 6.20 Å². The SMILES string of the molecule is O=C(O)Cc1ccc(OCC(F)(F)F)cn1. The minimum Gasteiger partial charge on any atom is -0.483 e. The van der Waals surface area contributed by atoms with E-state index in [4.69, 9.17) is 5.11 Å². The fourth-order valence-electron chi connectivity index (χ4n) is 0.921. The highest BCUT2D eigenvalue weighted by molar-refractivity contribution is 5.69. The van der Waals surface area contributed by atoms with Crippen molar-refractivity contribution in [2.24, 2.45) is 0 Å². The topological polar surface area (TPSA) is 59.4 Å². The summed E-state index contributed by atoms with van der Waals surface area (Å²) in [5, 5.41) is 8.43. The highest BCUT2D eigenvalue weighted by Gasteiger charge is 2.28. The summed E-state index contributed by atoms with van der Waals surface area (Å²) in [6.07, 6.45) is -3.62. The molecule has 0 saturated carbocycles. The van der Waals surface area contributed by atoms with Crippen molar-refractivity contribution < 1.29 is 27.8 Å². The molecule has 0 atom stereocenters. The summed E-state index contributed by atoms with van der Waals surface area (Å²) in [5.74, 6) is -1.11. The molecular weight excluding hydrogens is 227 g/mol. The normalized spacial score (nSPS) is 11.2.